The summed E-state index contributed by atoms with van der Waals surface area (Å²) in [6, 6.07) is 12.9. The van der Waals surface area contributed by atoms with Gasteiger partial charge >= 0.3 is 0 Å². The van der Waals surface area contributed by atoms with E-state index in [1.54, 1.807) is 18.2 Å². The van der Waals surface area contributed by atoms with Crippen LogP contribution in [0.2, 0.25) is 5.02 Å². The number of anilines is 1. The molecule has 10 heteroatoms. The molecule has 0 aliphatic carbocycles. The summed E-state index contributed by atoms with van der Waals surface area (Å²) < 4.78 is 13.1. The molecule has 174 valence electrons. The highest BCUT2D eigenvalue weighted by Gasteiger charge is 2.25. The first-order valence-corrected chi connectivity index (χ1v) is 11.8. The van der Waals surface area contributed by atoms with E-state index in [-0.39, 0.29) is 11.9 Å². The maximum atomic E-state index is 12.9. The van der Waals surface area contributed by atoms with Crippen LogP contribution in [0.1, 0.15) is 25.7 Å². The third-order valence-corrected chi connectivity index (χ3v) is 6.65. The van der Waals surface area contributed by atoms with Crippen LogP contribution < -0.4 is 14.8 Å². The van der Waals surface area contributed by atoms with Gasteiger partial charge in [-0.3, -0.25) is 14.3 Å². The highest BCUT2D eigenvalue weighted by Crippen LogP contribution is 2.34. The van der Waals surface area contributed by atoms with Gasteiger partial charge in [0.15, 0.2) is 22.5 Å². The lowest BCUT2D eigenvalue weighted by Crippen LogP contribution is -2.24. The van der Waals surface area contributed by atoms with Crippen molar-refractivity contribution in [1.29, 1.82) is 0 Å². The van der Waals surface area contributed by atoms with Crippen molar-refractivity contribution in [2.45, 2.75) is 30.3 Å². The summed E-state index contributed by atoms with van der Waals surface area (Å²) in [5.41, 5.74) is 1.54. The summed E-state index contributed by atoms with van der Waals surface area (Å²) in [7, 11) is 3.98. The van der Waals surface area contributed by atoms with Crippen molar-refractivity contribution in [3.63, 3.8) is 0 Å². The standard InChI is InChI=1S/C23H26ClN5O3S/c1-14(28(3)4)21-26-27-23(29(21)18-8-5-16(24)6-9-18)33-15(2)22(30)25-17-7-10-19-20(13-17)32-12-11-31-19/h5-10,13-15H,11-12H2,1-4H3,(H,25,30). The van der Waals surface area contributed by atoms with E-state index < -0.39 is 5.25 Å². The lowest BCUT2D eigenvalue weighted by Gasteiger charge is -2.21. The van der Waals surface area contributed by atoms with Crippen LogP contribution in [0.4, 0.5) is 5.69 Å². The molecule has 0 bridgehead atoms. The molecule has 2 atom stereocenters. The van der Waals surface area contributed by atoms with Gasteiger partial charge in [-0.15, -0.1) is 10.2 Å². The topological polar surface area (TPSA) is 81.5 Å². The molecule has 1 aliphatic heterocycles. The number of aromatic nitrogens is 3. The van der Waals surface area contributed by atoms with Gasteiger partial charge in [-0.25, -0.2) is 0 Å². The third-order valence-electron chi connectivity index (χ3n) is 5.35. The average Bonchev–Trinajstić information content (AvgIpc) is 3.22. The second kappa shape index (κ2) is 10.0. The van der Waals surface area contributed by atoms with Gasteiger partial charge in [-0.05, 0) is 64.3 Å². The fourth-order valence-corrected chi connectivity index (χ4v) is 4.27. The first kappa shape index (κ1) is 23.4. The minimum absolute atomic E-state index is 0.0179. The van der Waals surface area contributed by atoms with Crippen molar-refractivity contribution < 1.29 is 14.3 Å². The molecule has 2 heterocycles. The maximum Gasteiger partial charge on any atom is 0.237 e. The van der Waals surface area contributed by atoms with E-state index in [9.17, 15) is 4.79 Å². The molecule has 0 fully saturated rings. The Labute approximate surface area is 202 Å². The molecule has 1 aromatic heterocycles. The molecule has 1 N–H and O–H groups in total. The van der Waals surface area contributed by atoms with Crippen LogP contribution in [0.25, 0.3) is 5.69 Å². The van der Waals surface area contributed by atoms with Crippen LogP contribution in [0.3, 0.4) is 0 Å². The summed E-state index contributed by atoms with van der Waals surface area (Å²) >= 11 is 7.43. The van der Waals surface area contributed by atoms with Gasteiger partial charge in [-0.2, -0.15) is 0 Å². The van der Waals surface area contributed by atoms with Crippen LogP contribution in [0.5, 0.6) is 11.5 Å². The number of benzene rings is 2. The van der Waals surface area contributed by atoms with Crippen molar-refractivity contribution in [3.8, 4) is 17.2 Å². The summed E-state index contributed by atoms with van der Waals surface area (Å²) in [5, 5.41) is 12.6. The van der Waals surface area contributed by atoms with Crippen molar-refractivity contribution in [1.82, 2.24) is 19.7 Å². The van der Waals surface area contributed by atoms with Gasteiger partial charge in [0, 0.05) is 22.5 Å². The fraction of sp³-hybridized carbons (Fsp3) is 0.348. The molecule has 1 aliphatic rings. The summed E-state index contributed by atoms with van der Waals surface area (Å²) in [6.07, 6.45) is 0. The molecule has 33 heavy (non-hydrogen) atoms. The second-order valence-electron chi connectivity index (χ2n) is 7.90. The number of nitrogens with one attached hydrogen (secondary N) is 1. The van der Waals surface area contributed by atoms with Crippen LogP contribution in [-0.4, -0.2) is 58.1 Å². The van der Waals surface area contributed by atoms with Crippen LogP contribution >= 0.6 is 23.4 Å². The fourth-order valence-electron chi connectivity index (χ4n) is 3.27. The number of rotatable bonds is 7. The molecule has 4 rings (SSSR count). The lowest BCUT2D eigenvalue weighted by molar-refractivity contribution is -0.115. The smallest absolute Gasteiger partial charge is 0.237 e. The van der Waals surface area contributed by atoms with Gasteiger partial charge in [0.25, 0.3) is 0 Å². The molecule has 1 amide bonds. The summed E-state index contributed by atoms with van der Waals surface area (Å²) in [6.45, 7) is 4.91. The van der Waals surface area contributed by atoms with Gasteiger partial charge in [-0.1, -0.05) is 23.4 Å². The Kier molecular flexibility index (Phi) is 7.11. The monoisotopic (exact) mass is 487 g/mol. The second-order valence-corrected chi connectivity index (χ2v) is 9.64. The number of carbonyl (C=O) groups excluding carboxylic acids is 1. The number of thioether (sulfide) groups is 1. The first-order valence-electron chi connectivity index (χ1n) is 10.6. The lowest BCUT2D eigenvalue weighted by atomic mass is 10.2. The number of carbonyl (C=O) groups is 1. The Morgan fingerprint density at radius 3 is 2.48 bits per heavy atom. The molecule has 8 nitrogen and oxygen atoms in total. The molecule has 0 radical (unpaired) electrons. The molecule has 0 spiro atoms. The SMILES string of the molecule is CC(Sc1nnc(C(C)N(C)C)n1-c1ccc(Cl)cc1)C(=O)Nc1ccc2c(c1)OCCO2. The minimum Gasteiger partial charge on any atom is -0.486 e. The van der Waals surface area contributed by atoms with E-state index in [1.165, 1.54) is 11.8 Å². The Morgan fingerprint density at radius 1 is 1.09 bits per heavy atom. The molecular weight excluding hydrogens is 462 g/mol. The van der Waals surface area contributed by atoms with Crippen LogP contribution in [0, 0.1) is 0 Å². The molecule has 3 aromatic rings. The quantitative estimate of drug-likeness (QED) is 0.493. The van der Waals surface area contributed by atoms with Gasteiger partial charge in [0.2, 0.25) is 5.91 Å². The zero-order valence-corrected chi connectivity index (χ0v) is 20.5. The zero-order valence-electron chi connectivity index (χ0n) is 18.9. The van der Waals surface area contributed by atoms with E-state index in [2.05, 4.69) is 27.3 Å². The number of hydrogen-bond acceptors (Lipinski definition) is 7. The molecule has 2 aromatic carbocycles. The maximum absolute atomic E-state index is 12.9. The van der Waals surface area contributed by atoms with E-state index >= 15 is 0 Å². The minimum atomic E-state index is -0.420. The largest absolute Gasteiger partial charge is 0.486 e. The van der Waals surface area contributed by atoms with E-state index in [4.69, 9.17) is 21.1 Å². The molecule has 0 saturated heterocycles. The van der Waals surface area contributed by atoms with Crippen molar-refractivity contribution in [3.05, 3.63) is 53.3 Å². The number of fused-ring (bicyclic) bond motifs is 1. The Hall–Kier alpha value is -2.75. The molecule has 2 unspecified atom stereocenters. The summed E-state index contributed by atoms with van der Waals surface area (Å²) in [5.74, 6) is 1.94. The first-order chi connectivity index (χ1) is 15.8. The van der Waals surface area contributed by atoms with E-state index in [0.717, 1.165) is 11.5 Å². The van der Waals surface area contributed by atoms with Crippen molar-refractivity contribution in [2.24, 2.45) is 0 Å². The number of amides is 1. The molecular formula is C23H26ClN5O3S. The highest BCUT2D eigenvalue weighted by molar-refractivity contribution is 8.00. The van der Waals surface area contributed by atoms with Crippen molar-refractivity contribution >= 4 is 35.0 Å². The predicted octanol–water partition coefficient (Wildman–Crippen LogP) is 4.43. The zero-order chi connectivity index (χ0) is 23.5. The normalized spacial score (nSPS) is 14.7. The number of halogens is 1. The van der Waals surface area contributed by atoms with E-state index in [1.807, 2.05) is 49.9 Å². The predicted molar refractivity (Wildman–Crippen MR) is 130 cm³/mol. The van der Waals surface area contributed by atoms with Crippen LogP contribution in [-0.2, 0) is 4.79 Å². The highest BCUT2D eigenvalue weighted by atomic mass is 35.5. The van der Waals surface area contributed by atoms with Gasteiger partial charge in [0.1, 0.15) is 13.2 Å². The van der Waals surface area contributed by atoms with Crippen LogP contribution in [0.15, 0.2) is 47.6 Å². The number of hydrogen-bond donors (Lipinski definition) is 1. The van der Waals surface area contributed by atoms with Gasteiger partial charge < -0.3 is 14.8 Å². The Bertz CT molecular complexity index is 1140. The Balaban J connectivity index is 1.55. The third kappa shape index (κ3) is 5.26. The number of ether oxygens (including phenoxy) is 2. The van der Waals surface area contributed by atoms with Crippen molar-refractivity contribution in [2.75, 3.05) is 32.6 Å². The summed E-state index contributed by atoms with van der Waals surface area (Å²) in [4.78, 5) is 15.0. The van der Waals surface area contributed by atoms with Gasteiger partial charge in [0.05, 0.1) is 11.3 Å². The average molecular weight is 488 g/mol. The number of nitrogens with zero attached hydrogens (tertiary/aromatic N) is 4. The Morgan fingerprint density at radius 2 is 1.79 bits per heavy atom. The van der Waals surface area contributed by atoms with E-state index in [0.29, 0.717) is 40.6 Å². The molecule has 0 saturated carbocycles.